The van der Waals surface area contributed by atoms with Crippen molar-refractivity contribution in [2.45, 2.75) is 12.3 Å². The zero-order valence-corrected chi connectivity index (χ0v) is 11.3. The second-order valence-corrected chi connectivity index (χ2v) is 5.08. The average molecular weight is 281 g/mol. The van der Waals surface area contributed by atoms with Crippen molar-refractivity contribution in [2.75, 3.05) is 6.61 Å². The minimum absolute atomic E-state index is 0.00262. The summed E-state index contributed by atoms with van der Waals surface area (Å²) in [5, 5.41) is 10.9. The minimum atomic E-state index is -0.00262. The van der Waals surface area contributed by atoms with Crippen molar-refractivity contribution in [1.29, 1.82) is 0 Å². The van der Waals surface area contributed by atoms with Crippen LogP contribution in [0.25, 0.3) is 0 Å². The van der Waals surface area contributed by atoms with Crippen LogP contribution in [0.2, 0.25) is 10.0 Å². The van der Waals surface area contributed by atoms with Gasteiger partial charge < -0.3 is 5.11 Å². The topological polar surface area (TPSA) is 20.2 Å². The smallest absolute Gasteiger partial charge is 0.0503 e. The third kappa shape index (κ3) is 3.26. The second kappa shape index (κ2) is 6.24. The van der Waals surface area contributed by atoms with Crippen molar-refractivity contribution >= 4 is 23.2 Å². The molecule has 0 aliphatic rings. The molecule has 0 amide bonds. The molecular weight excluding hydrogens is 267 g/mol. The van der Waals surface area contributed by atoms with E-state index >= 15 is 0 Å². The zero-order chi connectivity index (χ0) is 13.0. The van der Waals surface area contributed by atoms with Crippen molar-refractivity contribution in [1.82, 2.24) is 0 Å². The van der Waals surface area contributed by atoms with Gasteiger partial charge in [-0.2, -0.15) is 0 Å². The summed E-state index contributed by atoms with van der Waals surface area (Å²) in [4.78, 5) is 0. The lowest BCUT2D eigenvalue weighted by Crippen LogP contribution is -2.08. The Balaban J connectivity index is 2.23. The van der Waals surface area contributed by atoms with Gasteiger partial charge in [-0.25, -0.2) is 0 Å². The molecule has 0 spiro atoms. The van der Waals surface area contributed by atoms with E-state index < -0.39 is 0 Å². The highest BCUT2D eigenvalue weighted by molar-refractivity contribution is 6.31. The summed E-state index contributed by atoms with van der Waals surface area (Å²) in [5.41, 5.74) is 2.07. The highest BCUT2D eigenvalue weighted by Gasteiger charge is 2.14. The van der Waals surface area contributed by atoms with Crippen molar-refractivity contribution in [3.8, 4) is 0 Å². The van der Waals surface area contributed by atoms with Crippen molar-refractivity contribution in [3.63, 3.8) is 0 Å². The third-order valence-electron chi connectivity index (χ3n) is 2.94. The number of aliphatic hydroxyl groups is 1. The summed E-state index contributed by atoms with van der Waals surface area (Å²) in [6, 6.07) is 15.3. The molecule has 0 aliphatic carbocycles. The summed E-state index contributed by atoms with van der Waals surface area (Å²) >= 11 is 12.1. The minimum Gasteiger partial charge on any atom is -0.396 e. The van der Waals surface area contributed by atoms with E-state index in [1.54, 1.807) is 0 Å². The predicted octanol–water partition coefficient (Wildman–Crippen LogP) is 4.31. The molecule has 1 N–H and O–H groups in total. The summed E-state index contributed by atoms with van der Waals surface area (Å²) in [7, 11) is 0. The van der Waals surface area contributed by atoms with E-state index in [1.807, 2.05) is 48.5 Å². The highest BCUT2D eigenvalue weighted by atomic mass is 35.5. The number of hydrogen-bond acceptors (Lipinski definition) is 1. The Bertz CT molecular complexity index is 525. The lowest BCUT2D eigenvalue weighted by atomic mass is 9.93. The van der Waals surface area contributed by atoms with E-state index in [-0.39, 0.29) is 12.5 Å². The van der Waals surface area contributed by atoms with Gasteiger partial charge in [0.15, 0.2) is 0 Å². The van der Waals surface area contributed by atoms with Crippen LogP contribution in [0.3, 0.4) is 0 Å². The Labute approximate surface area is 117 Å². The number of aliphatic hydroxyl groups excluding tert-OH is 1. The van der Waals surface area contributed by atoms with Gasteiger partial charge in [0.05, 0.1) is 6.61 Å². The molecule has 0 fully saturated rings. The van der Waals surface area contributed by atoms with Crippen LogP contribution in [0, 0.1) is 0 Å². The van der Waals surface area contributed by atoms with Crippen molar-refractivity contribution in [2.24, 2.45) is 0 Å². The molecule has 0 bridgehead atoms. The molecule has 18 heavy (non-hydrogen) atoms. The van der Waals surface area contributed by atoms with Crippen LogP contribution in [0.5, 0.6) is 0 Å². The fraction of sp³-hybridized carbons (Fsp3) is 0.200. The van der Waals surface area contributed by atoms with Crippen LogP contribution in [0.1, 0.15) is 17.0 Å². The van der Waals surface area contributed by atoms with Crippen LogP contribution < -0.4 is 0 Å². The molecule has 2 aromatic rings. The quantitative estimate of drug-likeness (QED) is 0.885. The maximum atomic E-state index is 9.54. The normalized spacial score (nSPS) is 12.4. The fourth-order valence-corrected chi connectivity index (χ4v) is 2.53. The summed E-state index contributed by atoms with van der Waals surface area (Å²) in [6.07, 6.45) is 0.723. The lowest BCUT2D eigenvalue weighted by molar-refractivity contribution is 0.264. The first-order chi connectivity index (χ1) is 8.70. The molecule has 1 atom stereocenters. The first kappa shape index (κ1) is 13.4. The van der Waals surface area contributed by atoms with Crippen molar-refractivity contribution < 1.29 is 5.11 Å². The van der Waals surface area contributed by atoms with Gasteiger partial charge in [0.2, 0.25) is 0 Å². The molecule has 0 aromatic heterocycles. The van der Waals surface area contributed by atoms with E-state index in [1.165, 1.54) is 0 Å². The van der Waals surface area contributed by atoms with Gasteiger partial charge in [-0.1, -0.05) is 53.5 Å². The molecule has 0 heterocycles. The van der Waals surface area contributed by atoms with Gasteiger partial charge in [0.1, 0.15) is 0 Å². The van der Waals surface area contributed by atoms with Crippen LogP contribution in [-0.4, -0.2) is 11.7 Å². The van der Waals surface area contributed by atoms with Gasteiger partial charge in [-0.05, 0) is 35.7 Å². The molecule has 0 saturated carbocycles. The van der Waals surface area contributed by atoms with E-state index in [0.29, 0.717) is 10.0 Å². The summed E-state index contributed by atoms with van der Waals surface area (Å²) < 4.78 is 0. The molecule has 1 unspecified atom stereocenters. The van der Waals surface area contributed by atoms with Gasteiger partial charge in [-0.15, -0.1) is 0 Å². The van der Waals surface area contributed by atoms with Crippen molar-refractivity contribution in [3.05, 3.63) is 69.7 Å². The molecule has 0 saturated heterocycles. The van der Waals surface area contributed by atoms with E-state index in [9.17, 15) is 5.11 Å². The number of rotatable bonds is 4. The lowest BCUT2D eigenvalue weighted by Gasteiger charge is -2.16. The fourth-order valence-electron chi connectivity index (χ4n) is 2.03. The monoisotopic (exact) mass is 280 g/mol. The predicted molar refractivity (Wildman–Crippen MR) is 76.4 cm³/mol. The molecule has 0 radical (unpaired) electrons. The Morgan fingerprint density at radius 2 is 1.78 bits per heavy atom. The molecule has 1 nitrogen and oxygen atoms in total. The number of halogens is 2. The average Bonchev–Trinajstić information content (AvgIpc) is 2.37. The maximum Gasteiger partial charge on any atom is 0.0503 e. The van der Waals surface area contributed by atoms with Gasteiger partial charge >= 0.3 is 0 Å². The second-order valence-electron chi connectivity index (χ2n) is 4.24. The Hall–Kier alpha value is -1.02. The molecule has 3 heteroatoms. The third-order valence-corrected chi connectivity index (χ3v) is 3.52. The van der Waals surface area contributed by atoms with Crippen LogP contribution in [0.15, 0.2) is 48.5 Å². The zero-order valence-electron chi connectivity index (χ0n) is 9.81. The SMILES string of the molecule is OCC(Cc1cccc(Cl)c1)c1ccccc1Cl. The van der Waals surface area contributed by atoms with Crippen LogP contribution >= 0.6 is 23.2 Å². The maximum absolute atomic E-state index is 9.54. The summed E-state index contributed by atoms with van der Waals surface area (Å²) in [6.45, 7) is 0.0657. The molecular formula is C15H14Cl2O. The van der Waals surface area contributed by atoms with E-state index in [0.717, 1.165) is 17.5 Å². The highest BCUT2D eigenvalue weighted by Crippen LogP contribution is 2.27. The van der Waals surface area contributed by atoms with Gasteiger partial charge in [0, 0.05) is 16.0 Å². The Morgan fingerprint density at radius 3 is 2.44 bits per heavy atom. The van der Waals surface area contributed by atoms with Gasteiger partial charge in [0.25, 0.3) is 0 Å². The van der Waals surface area contributed by atoms with E-state index in [2.05, 4.69) is 0 Å². The van der Waals surface area contributed by atoms with E-state index in [4.69, 9.17) is 23.2 Å². The van der Waals surface area contributed by atoms with Gasteiger partial charge in [-0.3, -0.25) is 0 Å². The van der Waals surface area contributed by atoms with Crippen LogP contribution in [-0.2, 0) is 6.42 Å². The molecule has 94 valence electrons. The Morgan fingerprint density at radius 1 is 1.00 bits per heavy atom. The molecule has 2 aromatic carbocycles. The molecule has 0 aliphatic heterocycles. The summed E-state index contributed by atoms with van der Waals surface area (Å²) in [5.74, 6) is -0.00262. The molecule has 2 rings (SSSR count). The largest absolute Gasteiger partial charge is 0.396 e. The first-order valence-corrected chi connectivity index (χ1v) is 6.56. The number of hydrogen-bond donors (Lipinski definition) is 1. The number of benzene rings is 2. The first-order valence-electron chi connectivity index (χ1n) is 5.80. The standard InChI is InChI=1S/C15H14Cl2O/c16-13-5-3-4-11(9-13)8-12(10-18)14-6-1-2-7-15(14)17/h1-7,9,12,18H,8,10H2. The van der Waals surface area contributed by atoms with Crippen LogP contribution in [0.4, 0.5) is 0 Å². The Kier molecular flexibility index (Phi) is 4.65.